The van der Waals surface area contributed by atoms with Crippen molar-refractivity contribution in [2.45, 2.75) is 34.5 Å². The third kappa shape index (κ3) is 3.46. The van der Waals surface area contributed by atoms with Crippen molar-refractivity contribution >= 4 is 35.3 Å². The predicted octanol–water partition coefficient (Wildman–Crippen LogP) is 5.61. The van der Waals surface area contributed by atoms with E-state index in [1.165, 1.54) is 33.4 Å². The van der Waals surface area contributed by atoms with Crippen LogP contribution in [0.15, 0.2) is 36.4 Å². The van der Waals surface area contributed by atoms with Gasteiger partial charge >= 0.3 is 0 Å². The molecule has 2 aromatic rings. The minimum atomic E-state index is 1.13. The van der Waals surface area contributed by atoms with Gasteiger partial charge in [0.2, 0.25) is 0 Å². The summed E-state index contributed by atoms with van der Waals surface area (Å²) < 4.78 is 0. The zero-order valence-electron chi connectivity index (χ0n) is 11.9. The van der Waals surface area contributed by atoms with Crippen molar-refractivity contribution in [2.75, 3.05) is 0 Å². The number of hydrogen-bond donors (Lipinski definition) is 0. The summed E-state index contributed by atoms with van der Waals surface area (Å²) in [5.74, 6) is 6.81. The van der Waals surface area contributed by atoms with E-state index < -0.39 is 0 Å². The molecule has 0 amide bonds. The van der Waals surface area contributed by atoms with Crippen molar-refractivity contribution < 1.29 is 0 Å². The van der Waals surface area contributed by atoms with Gasteiger partial charge in [0.05, 0.1) is 0 Å². The van der Waals surface area contributed by atoms with Crippen molar-refractivity contribution in [3.05, 3.63) is 69.8 Å². The summed E-state index contributed by atoms with van der Waals surface area (Å²) in [5.41, 5.74) is 9.03. The molecular formula is C18H18S3. The molecule has 6 bridgehead atoms. The molecule has 0 aromatic heterocycles. The number of thioether (sulfide) groups is 3. The lowest BCUT2D eigenvalue weighted by atomic mass is 10.1. The van der Waals surface area contributed by atoms with Gasteiger partial charge in [-0.15, -0.1) is 0 Å². The summed E-state index contributed by atoms with van der Waals surface area (Å²) in [6.07, 6.45) is 0. The van der Waals surface area contributed by atoms with E-state index in [4.69, 9.17) is 0 Å². The third-order valence-electron chi connectivity index (χ3n) is 3.84. The second kappa shape index (κ2) is 6.31. The van der Waals surface area contributed by atoms with Crippen LogP contribution in [0.25, 0.3) is 0 Å². The lowest BCUT2D eigenvalue weighted by Gasteiger charge is -2.15. The largest absolute Gasteiger partial charge is 0.152 e. The third-order valence-corrected chi connectivity index (χ3v) is 7.06. The Kier molecular flexibility index (Phi) is 4.24. The van der Waals surface area contributed by atoms with Gasteiger partial charge in [0, 0.05) is 34.5 Å². The van der Waals surface area contributed by atoms with Crippen LogP contribution in [-0.4, -0.2) is 0 Å². The highest BCUT2D eigenvalue weighted by atomic mass is 32.2. The van der Waals surface area contributed by atoms with E-state index in [0.29, 0.717) is 0 Å². The second-order valence-corrected chi connectivity index (χ2v) is 8.75. The number of benzene rings is 2. The Hall–Kier alpha value is -0.510. The van der Waals surface area contributed by atoms with Gasteiger partial charge in [-0.05, 0) is 33.4 Å². The van der Waals surface area contributed by atoms with Crippen LogP contribution < -0.4 is 0 Å². The quantitative estimate of drug-likeness (QED) is 0.616. The summed E-state index contributed by atoms with van der Waals surface area (Å²) in [5, 5.41) is 0. The number of rotatable bonds is 0. The molecule has 0 aliphatic carbocycles. The highest BCUT2D eigenvalue weighted by Crippen LogP contribution is 2.30. The van der Waals surface area contributed by atoms with Crippen molar-refractivity contribution in [3.63, 3.8) is 0 Å². The Morgan fingerprint density at radius 3 is 0.762 bits per heavy atom. The minimum absolute atomic E-state index is 1.13. The Morgan fingerprint density at radius 1 is 0.381 bits per heavy atom. The van der Waals surface area contributed by atoms with Crippen LogP contribution in [0.5, 0.6) is 0 Å². The van der Waals surface area contributed by atoms with Crippen molar-refractivity contribution in [1.82, 2.24) is 0 Å². The van der Waals surface area contributed by atoms with Gasteiger partial charge in [-0.2, -0.15) is 35.3 Å². The Balaban J connectivity index is 1.80. The van der Waals surface area contributed by atoms with Gasteiger partial charge in [0.25, 0.3) is 0 Å². The standard InChI is InChI=1S/C18H18S3/c1-13-2-15-3-14(1)8-20-11-17-4-16(10-19-7-13)5-18(6-17)12-21-9-15/h1-6H,7-12H2. The zero-order valence-corrected chi connectivity index (χ0v) is 14.4. The average Bonchev–Trinajstić information content (AvgIpc) is 2.45. The van der Waals surface area contributed by atoms with E-state index >= 15 is 0 Å². The zero-order chi connectivity index (χ0) is 14.1. The molecule has 0 N–H and O–H groups in total. The SMILES string of the molecule is c1c2cc3cc1CSCc1cc(cc(c1)CSC3)CSC2. The van der Waals surface area contributed by atoms with E-state index in [9.17, 15) is 0 Å². The van der Waals surface area contributed by atoms with Crippen LogP contribution >= 0.6 is 35.3 Å². The van der Waals surface area contributed by atoms with Crippen molar-refractivity contribution in [3.8, 4) is 0 Å². The molecule has 3 aliphatic rings. The molecule has 3 heteroatoms. The highest BCUT2D eigenvalue weighted by molar-refractivity contribution is 7.98. The number of hydrogen-bond acceptors (Lipinski definition) is 3. The first-order chi connectivity index (χ1) is 10.3. The minimum Gasteiger partial charge on any atom is -0.152 e. The maximum Gasteiger partial charge on any atom is 0.0188 e. The topological polar surface area (TPSA) is 0 Å². The van der Waals surface area contributed by atoms with Gasteiger partial charge in [0.1, 0.15) is 0 Å². The van der Waals surface area contributed by atoms with Gasteiger partial charge in [0.15, 0.2) is 0 Å². The first kappa shape index (κ1) is 14.1. The van der Waals surface area contributed by atoms with Crippen LogP contribution in [0.3, 0.4) is 0 Å². The van der Waals surface area contributed by atoms with E-state index in [0.717, 1.165) is 34.5 Å². The summed E-state index contributed by atoms with van der Waals surface area (Å²) in [6, 6.07) is 14.5. The van der Waals surface area contributed by atoms with Crippen molar-refractivity contribution in [2.24, 2.45) is 0 Å². The van der Waals surface area contributed by atoms with Gasteiger partial charge in [-0.3, -0.25) is 0 Å². The Morgan fingerprint density at radius 2 is 0.571 bits per heavy atom. The van der Waals surface area contributed by atoms with Crippen molar-refractivity contribution in [1.29, 1.82) is 0 Å². The van der Waals surface area contributed by atoms with E-state index in [-0.39, 0.29) is 0 Å². The first-order valence-electron chi connectivity index (χ1n) is 7.32. The summed E-state index contributed by atoms with van der Waals surface area (Å²) >= 11 is 6.15. The monoisotopic (exact) mass is 330 g/mol. The van der Waals surface area contributed by atoms with Crippen LogP contribution in [0.4, 0.5) is 0 Å². The molecule has 0 radical (unpaired) electrons. The molecule has 21 heavy (non-hydrogen) atoms. The number of fused-ring (bicyclic) bond motifs is 6. The maximum atomic E-state index is 2.42. The van der Waals surface area contributed by atoms with Gasteiger partial charge in [-0.1, -0.05) is 36.4 Å². The van der Waals surface area contributed by atoms with Crippen LogP contribution in [0, 0.1) is 0 Å². The maximum absolute atomic E-state index is 2.42. The molecule has 0 fully saturated rings. The fourth-order valence-electron chi connectivity index (χ4n) is 3.04. The molecule has 2 aromatic carbocycles. The van der Waals surface area contributed by atoms with Crippen LogP contribution in [0.2, 0.25) is 0 Å². The fraction of sp³-hybridized carbons (Fsp3) is 0.333. The van der Waals surface area contributed by atoms with E-state index in [1.54, 1.807) is 0 Å². The highest BCUT2D eigenvalue weighted by Gasteiger charge is 2.09. The average molecular weight is 331 g/mol. The molecule has 3 heterocycles. The molecule has 0 spiro atoms. The normalized spacial score (nSPS) is 17.7. The van der Waals surface area contributed by atoms with Crippen LogP contribution in [-0.2, 0) is 34.5 Å². The van der Waals surface area contributed by atoms with Gasteiger partial charge in [-0.25, -0.2) is 0 Å². The molecule has 5 rings (SSSR count). The smallest absolute Gasteiger partial charge is 0.0188 e. The van der Waals surface area contributed by atoms with Crippen LogP contribution in [0.1, 0.15) is 33.4 Å². The molecule has 0 saturated heterocycles. The van der Waals surface area contributed by atoms with E-state index in [2.05, 4.69) is 36.4 Å². The van der Waals surface area contributed by atoms with Gasteiger partial charge < -0.3 is 0 Å². The summed E-state index contributed by atoms with van der Waals surface area (Å²) in [4.78, 5) is 0. The molecule has 0 saturated carbocycles. The lowest BCUT2D eigenvalue weighted by molar-refractivity contribution is 1.22. The summed E-state index contributed by atoms with van der Waals surface area (Å²) in [6.45, 7) is 0. The lowest BCUT2D eigenvalue weighted by Crippen LogP contribution is -1.97. The predicted molar refractivity (Wildman–Crippen MR) is 97.9 cm³/mol. The fourth-order valence-corrected chi connectivity index (χ4v) is 5.76. The molecule has 0 nitrogen and oxygen atoms in total. The molecule has 0 unspecified atom stereocenters. The molecular weight excluding hydrogens is 312 g/mol. The molecule has 0 atom stereocenters. The summed E-state index contributed by atoms with van der Waals surface area (Å²) in [7, 11) is 0. The molecule has 108 valence electrons. The first-order valence-corrected chi connectivity index (χ1v) is 10.8. The second-order valence-electron chi connectivity index (χ2n) is 5.79. The molecule has 3 aliphatic heterocycles. The van der Waals surface area contributed by atoms with E-state index in [1.807, 2.05) is 35.3 Å². The Labute approximate surface area is 139 Å². The Bertz CT molecular complexity index is 493.